The fourth-order valence-corrected chi connectivity index (χ4v) is 2.99. The molecule has 2 amide bonds. The van der Waals surface area contributed by atoms with Crippen molar-refractivity contribution in [1.29, 1.82) is 0 Å². The van der Waals surface area contributed by atoms with Gasteiger partial charge in [0, 0.05) is 6.42 Å². The highest BCUT2D eigenvalue weighted by Crippen LogP contribution is 2.07. The number of hydrogen-bond acceptors (Lipinski definition) is 5. The maximum absolute atomic E-state index is 12.8. The molecule has 0 spiro atoms. The zero-order valence-corrected chi connectivity index (χ0v) is 17.3. The maximum atomic E-state index is 12.8. The van der Waals surface area contributed by atoms with Crippen molar-refractivity contribution in [2.24, 2.45) is 5.73 Å². The quantitative estimate of drug-likeness (QED) is 0.384. The Morgan fingerprint density at radius 2 is 1.48 bits per heavy atom. The number of aliphatic carboxylic acids is 1. The van der Waals surface area contributed by atoms with E-state index in [1.54, 1.807) is 0 Å². The van der Waals surface area contributed by atoms with Crippen molar-refractivity contribution >= 4 is 18.0 Å². The summed E-state index contributed by atoms with van der Waals surface area (Å²) in [5.41, 5.74) is 7.09. The zero-order chi connectivity index (χ0) is 22.5. The maximum Gasteiger partial charge on any atom is 0.408 e. The second-order valence-corrected chi connectivity index (χ2v) is 7.13. The first kappa shape index (κ1) is 23.9. The van der Waals surface area contributed by atoms with Gasteiger partial charge in [-0.2, -0.15) is 0 Å². The molecular weight excluding hydrogens is 398 g/mol. The number of nitrogens with two attached hydrogens (primary N) is 1. The van der Waals surface area contributed by atoms with E-state index in [4.69, 9.17) is 10.5 Å². The van der Waals surface area contributed by atoms with Crippen molar-refractivity contribution in [3.05, 3.63) is 71.8 Å². The highest BCUT2D eigenvalue weighted by Gasteiger charge is 2.27. The number of nitrogens with one attached hydrogen (secondary N) is 2. The molecule has 5 N–H and O–H groups in total. The van der Waals surface area contributed by atoms with Crippen molar-refractivity contribution in [2.75, 3.05) is 6.54 Å². The first-order valence-electron chi connectivity index (χ1n) is 10.2. The molecule has 0 saturated carbocycles. The van der Waals surface area contributed by atoms with Gasteiger partial charge >= 0.3 is 12.1 Å². The molecule has 0 radical (unpaired) electrons. The van der Waals surface area contributed by atoms with Gasteiger partial charge in [0.15, 0.2) is 0 Å². The van der Waals surface area contributed by atoms with Crippen LogP contribution in [-0.4, -0.2) is 41.7 Å². The summed E-state index contributed by atoms with van der Waals surface area (Å²) in [5.74, 6) is -1.71. The third-order valence-electron chi connectivity index (χ3n) is 4.67. The summed E-state index contributed by atoms with van der Waals surface area (Å²) < 4.78 is 5.22. The van der Waals surface area contributed by atoms with Crippen LogP contribution in [0.25, 0.3) is 0 Å². The van der Waals surface area contributed by atoms with Crippen LogP contribution in [0.2, 0.25) is 0 Å². The van der Waals surface area contributed by atoms with Gasteiger partial charge in [0.1, 0.15) is 18.7 Å². The Labute approximate surface area is 181 Å². The lowest BCUT2D eigenvalue weighted by Crippen LogP contribution is -2.52. The standard InChI is InChI=1S/C23H29N3O5/c24-14-8-7-13-19(22(28)29)25-21(27)20(15-17-9-3-1-4-10-17)26-23(30)31-16-18-11-5-2-6-12-18/h1-6,9-12,19-20H,7-8,13-16,24H2,(H,25,27)(H,26,30)(H,28,29). The fourth-order valence-electron chi connectivity index (χ4n) is 2.99. The Bertz CT molecular complexity index is 830. The van der Waals surface area contributed by atoms with E-state index in [0.29, 0.717) is 19.4 Å². The number of benzene rings is 2. The van der Waals surface area contributed by atoms with E-state index in [0.717, 1.165) is 11.1 Å². The molecule has 0 fully saturated rings. The molecule has 0 aromatic heterocycles. The molecule has 2 rings (SSSR count). The van der Waals surface area contributed by atoms with Crippen LogP contribution in [-0.2, 0) is 27.4 Å². The summed E-state index contributed by atoms with van der Waals surface area (Å²) in [6, 6.07) is 16.3. The molecule has 2 aromatic carbocycles. The van der Waals surface area contributed by atoms with Crippen LogP contribution >= 0.6 is 0 Å². The number of amides is 2. The van der Waals surface area contributed by atoms with Gasteiger partial charge in [0.25, 0.3) is 0 Å². The molecule has 0 saturated heterocycles. The third kappa shape index (κ3) is 8.88. The van der Waals surface area contributed by atoms with E-state index in [2.05, 4.69) is 10.6 Å². The van der Waals surface area contributed by atoms with Gasteiger partial charge in [0.05, 0.1) is 0 Å². The van der Waals surface area contributed by atoms with Crippen molar-refractivity contribution < 1.29 is 24.2 Å². The molecule has 0 bridgehead atoms. The first-order chi connectivity index (χ1) is 15.0. The van der Waals surface area contributed by atoms with Gasteiger partial charge < -0.3 is 26.2 Å². The molecule has 8 nitrogen and oxygen atoms in total. The second kappa shape index (κ2) is 13.0. The van der Waals surface area contributed by atoms with E-state index in [-0.39, 0.29) is 19.4 Å². The second-order valence-electron chi connectivity index (χ2n) is 7.13. The zero-order valence-electron chi connectivity index (χ0n) is 17.3. The summed E-state index contributed by atoms with van der Waals surface area (Å²) in [6.45, 7) is 0.509. The largest absolute Gasteiger partial charge is 0.480 e. The van der Waals surface area contributed by atoms with Crippen molar-refractivity contribution in [3.8, 4) is 0 Å². The molecule has 2 atom stereocenters. The predicted octanol–water partition coefficient (Wildman–Crippen LogP) is 2.22. The number of unbranched alkanes of at least 4 members (excludes halogenated alkanes) is 1. The third-order valence-corrected chi connectivity index (χ3v) is 4.67. The lowest BCUT2D eigenvalue weighted by molar-refractivity contribution is -0.142. The summed E-state index contributed by atoms with van der Waals surface area (Å²) in [6.07, 6.45) is 0.938. The van der Waals surface area contributed by atoms with Crippen LogP contribution in [0.3, 0.4) is 0 Å². The first-order valence-corrected chi connectivity index (χ1v) is 10.2. The molecule has 2 aromatic rings. The Hall–Kier alpha value is -3.39. The highest BCUT2D eigenvalue weighted by molar-refractivity contribution is 5.89. The van der Waals surface area contributed by atoms with Crippen LogP contribution in [0.1, 0.15) is 30.4 Å². The highest BCUT2D eigenvalue weighted by atomic mass is 16.5. The van der Waals surface area contributed by atoms with Gasteiger partial charge in [0.2, 0.25) is 5.91 Å². The lowest BCUT2D eigenvalue weighted by Gasteiger charge is -2.21. The molecular formula is C23H29N3O5. The molecule has 0 aliphatic carbocycles. The minimum atomic E-state index is -1.13. The molecule has 0 aliphatic heterocycles. The van der Waals surface area contributed by atoms with Gasteiger partial charge in [-0.15, -0.1) is 0 Å². The Morgan fingerprint density at radius 1 is 0.871 bits per heavy atom. The van der Waals surface area contributed by atoms with Gasteiger partial charge in [-0.05, 0) is 36.9 Å². The SMILES string of the molecule is NCCCCC(NC(=O)C(Cc1ccccc1)NC(=O)OCc1ccccc1)C(=O)O. The molecule has 2 unspecified atom stereocenters. The van der Waals surface area contributed by atoms with E-state index in [1.807, 2.05) is 60.7 Å². The minimum absolute atomic E-state index is 0.0587. The number of rotatable bonds is 12. The number of hydrogen-bond donors (Lipinski definition) is 4. The van der Waals surface area contributed by atoms with E-state index < -0.39 is 30.1 Å². The smallest absolute Gasteiger partial charge is 0.408 e. The number of carbonyl (C=O) groups is 3. The van der Waals surface area contributed by atoms with Crippen molar-refractivity contribution in [2.45, 2.75) is 44.4 Å². The number of carboxylic acid groups (broad SMARTS) is 1. The van der Waals surface area contributed by atoms with Crippen LogP contribution < -0.4 is 16.4 Å². The molecule has 8 heteroatoms. The molecule has 31 heavy (non-hydrogen) atoms. The Kier molecular flexibility index (Phi) is 10.0. The summed E-state index contributed by atoms with van der Waals surface area (Å²) >= 11 is 0. The number of carboxylic acids is 1. The summed E-state index contributed by atoms with van der Waals surface area (Å²) in [5, 5.41) is 14.5. The van der Waals surface area contributed by atoms with Crippen LogP contribution in [0.5, 0.6) is 0 Å². The lowest BCUT2D eigenvalue weighted by atomic mass is 10.0. The predicted molar refractivity (Wildman–Crippen MR) is 116 cm³/mol. The van der Waals surface area contributed by atoms with E-state index >= 15 is 0 Å². The molecule has 0 heterocycles. The topological polar surface area (TPSA) is 131 Å². The average molecular weight is 428 g/mol. The summed E-state index contributed by atoms with van der Waals surface area (Å²) in [4.78, 5) is 36.7. The van der Waals surface area contributed by atoms with E-state index in [1.165, 1.54) is 0 Å². The van der Waals surface area contributed by atoms with Crippen molar-refractivity contribution in [1.82, 2.24) is 10.6 Å². The monoisotopic (exact) mass is 427 g/mol. The number of ether oxygens (including phenoxy) is 1. The molecule has 166 valence electrons. The van der Waals surface area contributed by atoms with Crippen LogP contribution in [0.4, 0.5) is 4.79 Å². The number of alkyl carbamates (subject to hydrolysis) is 1. The normalized spacial score (nSPS) is 12.4. The van der Waals surface area contributed by atoms with Gasteiger partial charge in [-0.3, -0.25) is 4.79 Å². The van der Waals surface area contributed by atoms with Crippen LogP contribution in [0.15, 0.2) is 60.7 Å². The van der Waals surface area contributed by atoms with Gasteiger partial charge in [-0.25, -0.2) is 9.59 Å². The summed E-state index contributed by atoms with van der Waals surface area (Å²) in [7, 11) is 0. The Balaban J connectivity index is 2.03. The average Bonchev–Trinajstić information content (AvgIpc) is 2.78. The van der Waals surface area contributed by atoms with Crippen molar-refractivity contribution in [3.63, 3.8) is 0 Å². The van der Waals surface area contributed by atoms with E-state index in [9.17, 15) is 19.5 Å². The van der Waals surface area contributed by atoms with Gasteiger partial charge in [-0.1, -0.05) is 60.7 Å². The number of carbonyl (C=O) groups excluding carboxylic acids is 2. The molecule has 0 aliphatic rings. The fraction of sp³-hybridized carbons (Fsp3) is 0.348. The Morgan fingerprint density at radius 3 is 2.06 bits per heavy atom. The minimum Gasteiger partial charge on any atom is -0.480 e. The van der Waals surface area contributed by atoms with Crippen LogP contribution in [0, 0.1) is 0 Å².